The number of hydrogen-bond acceptors (Lipinski definition) is 1. The maximum absolute atomic E-state index is 6.10. The van der Waals surface area contributed by atoms with Crippen molar-refractivity contribution in [2.45, 2.75) is 39.7 Å². The molecule has 2 N–H and O–H groups in total. The highest BCUT2D eigenvalue weighted by atomic mass is 14.7. The van der Waals surface area contributed by atoms with E-state index in [4.69, 9.17) is 5.73 Å². The van der Waals surface area contributed by atoms with Gasteiger partial charge in [0.2, 0.25) is 0 Å². The summed E-state index contributed by atoms with van der Waals surface area (Å²) in [6.45, 7) is 6.64. The van der Waals surface area contributed by atoms with E-state index >= 15 is 0 Å². The minimum atomic E-state index is 0.191. The molecule has 14 heavy (non-hydrogen) atoms. The number of nitrogens with two attached hydrogens (primary N) is 1. The molecule has 0 aliphatic rings. The van der Waals surface area contributed by atoms with E-state index in [1.54, 1.807) is 0 Å². The number of hydrogen-bond donors (Lipinski definition) is 1. The molecule has 1 rings (SSSR count). The summed E-state index contributed by atoms with van der Waals surface area (Å²) in [7, 11) is 0. The smallest absolute Gasteiger partial charge is 0.00908 e. The largest absolute Gasteiger partial charge is 0.327 e. The monoisotopic (exact) mass is 191 g/mol. The summed E-state index contributed by atoms with van der Waals surface area (Å²) in [4.78, 5) is 0. The lowest BCUT2D eigenvalue weighted by Crippen LogP contribution is -2.38. The van der Waals surface area contributed by atoms with Crippen molar-refractivity contribution in [2.75, 3.05) is 0 Å². The van der Waals surface area contributed by atoms with Gasteiger partial charge in [0, 0.05) is 6.04 Å². The molecule has 0 spiro atoms. The highest BCUT2D eigenvalue weighted by Gasteiger charge is 2.24. The molecule has 0 fully saturated rings. The Hall–Kier alpha value is -0.820. The van der Waals surface area contributed by atoms with E-state index in [1.807, 2.05) is 0 Å². The SMILES string of the molecule is CCC(N)C(C)(C)Cc1ccccc1. The van der Waals surface area contributed by atoms with Crippen molar-refractivity contribution in [1.29, 1.82) is 0 Å². The van der Waals surface area contributed by atoms with E-state index in [2.05, 4.69) is 51.1 Å². The Morgan fingerprint density at radius 1 is 1.21 bits per heavy atom. The molecule has 0 aromatic heterocycles. The van der Waals surface area contributed by atoms with Gasteiger partial charge in [0.1, 0.15) is 0 Å². The van der Waals surface area contributed by atoms with Crippen LogP contribution in [0.25, 0.3) is 0 Å². The van der Waals surface area contributed by atoms with Crippen molar-refractivity contribution in [3.63, 3.8) is 0 Å². The van der Waals surface area contributed by atoms with E-state index in [-0.39, 0.29) is 11.5 Å². The summed E-state index contributed by atoms with van der Waals surface area (Å²) in [6.07, 6.45) is 2.10. The van der Waals surface area contributed by atoms with Crippen LogP contribution < -0.4 is 5.73 Å². The molecule has 1 aromatic rings. The summed E-state index contributed by atoms with van der Waals surface area (Å²) in [5, 5.41) is 0. The second kappa shape index (κ2) is 4.61. The average Bonchev–Trinajstić information content (AvgIpc) is 2.17. The molecule has 1 atom stereocenters. The van der Waals surface area contributed by atoms with Gasteiger partial charge >= 0.3 is 0 Å². The van der Waals surface area contributed by atoms with Crippen LogP contribution in [0.5, 0.6) is 0 Å². The summed E-state index contributed by atoms with van der Waals surface area (Å²) >= 11 is 0. The summed E-state index contributed by atoms with van der Waals surface area (Å²) in [5.74, 6) is 0. The fraction of sp³-hybridized carbons (Fsp3) is 0.538. The quantitative estimate of drug-likeness (QED) is 0.778. The molecular weight excluding hydrogens is 170 g/mol. The maximum atomic E-state index is 6.10. The topological polar surface area (TPSA) is 26.0 Å². The van der Waals surface area contributed by atoms with Gasteiger partial charge in [0.25, 0.3) is 0 Å². The van der Waals surface area contributed by atoms with Gasteiger partial charge in [0.05, 0.1) is 0 Å². The Morgan fingerprint density at radius 2 is 1.79 bits per heavy atom. The maximum Gasteiger partial charge on any atom is 0.00908 e. The van der Waals surface area contributed by atoms with Crippen molar-refractivity contribution in [3.8, 4) is 0 Å². The highest BCUT2D eigenvalue weighted by Crippen LogP contribution is 2.26. The Balaban J connectivity index is 2.68. The van der Waals surface area contributed by atoms with Gasteiger partial charge < -0.3 is 5.73 Å². The number of benzene rings is 1. The molecule has 0 bridgehead atoms. The Bertz CT molecular complexity index is 264. The van der Waals surface area contributed by atoms with Crippen LogP contribution in [0.2, 0.25) is 0 Å². The van der Waals surface area contributed by atoms with Crippen LogP contribution in [0.1, 0.15) is 32.8 Å². The average molecular weight is 191 g/mol. The van der Waals surface area contributed by atoms with Crippen molar-refractivity contribution >= 4 is 0 Å². The number of rotatable bonds is 4. The van der Waals surface area contributed by atoms with Gasteiger partial charge in [-0.25, -0.2) is 0 Å². The molecule has 0 aliphatic carbocycles. The van der Waals surface area contributed by atoms with Gasteiger partial charge in [-0.15, -0.1) is 0 Å². The summed E-state index contributed by atoms with van der Waals surface area (Å²) < 4.78 is 0. The van der Waals surface area contributed by atoms with Gasteiger partial charge in [-0.1, -0.05) is 51.1 Å². The van der Waals surface area contributed by atoms with Crippen molar-refractivity contribution in [2.24, 2.45) is 11.1 Å². The molecule has 0 amide bonds. The lowest BCUT2D eigenvalue weighted by molar-refractivity contribution is 0.277. The van der Waals surface area contributed by atoms with Crippen LogP contribution >= 0.6 is 0 Å². The third kappa shape index (κ3) is 2.85. The third-order valence-corrected chi connectivity index (χ3v) is 2.95. The molecule has 0 aliphatic heterocycles. The van der Waals surface area contributed by atoms with Crippen LogP contribution in [0.3, 0.4) is 0 Å². The second-order valence-electron chi connectivity index (χ2n) is 4.67. The van der Waals surface area contributed by atoms with Crippen molar-refractivity contribution in [1.82, 2.24) is 0 Å². The summed E-state index contributed by atoms with van der Waals surface area (Å²) in [5.41, 5.74) is 7.67. The minimum absolute atomic E-state index is 0.191. The molecule has 1 unspecified atom stereocenters. The van der Waals surface area contributed by atoms with Crippen molar-refractivity contribution in [3.05, 3.63) is 35.9 Å². The van der Waals surface area contributed by atoms with Crippen LogP contribution in [-0.2, 0) is 6.42 Å². The molecule has 0 heterocycles. The Labute approximate surface area is 87.3 Å². The van der Waals surface area contributed by atoms with Crippen molar-refractivity contribution < 1.29 is 0 Å². The molecule has 0 radical (unpaired) electrons. The zero-order chi connectivity index (χ0) is 10.6. The standard InChI is InChI=1S/C13H21N/c1-4-12(14)13(2,3)10-11-8-6-5-7-9-11/h5-9,12H,4,10,14H2,1-3H3. The molecular formula is C13H21N. The first-order chi connectivity index (χ1) is 6.56. The minimum Gasteiger partial charge on any atom is -0.327 e. The molecule has 1 heteroatoms. The van der Waals surface area contributed by atoms with E-state index in [9.17, 15) is 0 Å². The fourth-order valence-corrected chi connectivity index (χ4v) is 1.81. The summed E-state index contributed by atoms with van der Waals surface area (Å²) in [6, 6.07) is 10.8. The predicted molar refractivity (Wildman–Crippen MR) is 62.2 cm³/mol. The van der Waals surface area contributed by atoms with Crippen LogP contribution in [0, 0.1) is 5.41 Å². The van der Waals surface area contributed by atoms with Gasteiger partial charge in [-0.2, -0.15) is 0 Å². The zero-order valence-electron chi connectivity index (χ0n) is 9.46. The zero-order valence-corrected chi connectivity index (χ0v) is 9.46. The predicted octanol–water partition coefficient (Wildman–Crippen LogP) is 2.99. The van der Waals surface area contributed by atoms with E-state index in [0.29, 0.717) is 0 Å². The van der Waals surface area contributed by atoms with Gasteiger partial charge in [-0.05, 0) is 23.8 Å². The second-order valence-corrected chi connectivity index (χ2v) is 4.67. The molecule has 0 saturated carbocycles. The first kappa shape index (κ1) is 11.3. The highest BCUT2D eigenvalue weighted by molar-refractivity contribution is 5.16. The first-order valence-electron chi connectivity index (χ1n) is 5.36. The van der Waals surface area contributed by atoms with Crippen LogP contribution in [0.15, 0.2) is 30.3 Å². The fourth-order valence-electron chi connectivity index (χ4n) is 1.81. The van der Waals surface area contributed by atoms with Gasteiger partial charge in [-0.3, -0.25) is 0 Å². The molecule has 78 valence electrons. The van der Waals surface area contributed by atoms with Crippen LogP contribution in [0.4, 0.5) is 0 Å². The lowest BCUT2D eigenvalue weighted by atomic mass is 9.78. The van der Waals surface area contributed by atoms with Gasteiger partial charge in [0.15, 0.2) is 0 Å². The lowest BCUT2D eigenvalue weighted by Gasteiger charge is -2.31. The Kier molecular flexibility index (Phi) is 3.70. The third-order valence-electron chi connectivity index (χ3n) is 2.95. The van der Waals surface area contributed by atoms with E-state index < -0.39 is 0 Å². The molecule has 0 saturated heterocycles. The normalized spacial score (nSPS) is 14.0. The Morgan fingerprint density at radius 3 is 2.29 bits per heavy atom. The molecule has 1 nitrogen and oxygen atoms in total. The van der Waals surface area contributed by atoms with E-state index in [1.165, 1.54) is 5.56 Å². The van der Waals surface area contributed by atoms with E-state index in [0.717, 1.165) is 12.8 Å². The first-order valence-corrected chi connectivity index (χ1v) is 5.36. The van der Waals surface area contributed by atoms with Crippen LogP contribution in [-0.4, -0.2) is 6.04 Å². The molecule has 1 aromatic carbocycles.